The van der Waals surface area contributed by atoms with Crippen molar-refractivity contribution in [2.75, 3.05) is 32.8 Å². The van der Waals surface area contributed by atoms with Crippen molar-refractivity contribution < 1.29 is 4.74 Å². The van der Waals surface area contributed by atoms with Gasteiger partial charge < -0.3 is 15.4 Å². The van der Waals surface area contributed by atoms with Crippen LogP contribution >= 0.6 is 35.3 Å². The first-order chi connectivity index (χ1) is 10.3. The van der Waals surface area contributed by atoms with E-state index in [1.54, 1.807) is 0 Å². The molecule has 0 aliphatic heterocycles. The van der Waals surface area contributed by atoms with E-state index >= 15 is 0 Å². The van der Waals surface area contributed by atoms with Gasteiger partial charge in [0, 0.05) is 37.7 Å². The number of thiophene rings is 1. The summed E-state index contributed by atoms with van der Waals surface area (Å²) < 4.78 is 5.33. The molecule has 2 N–H and O–H groups in total. The van der Waals surface area contributed by atoms with Gasteiger partial charge in [0.1, 0.15) is 0 Å². The molecule has 0 fully saturated rings. The second kappa shape index (κ2) is 14.3. The summed E-state index contributed by atoms with van der Waals surface area (Å²) >= 11 is 1.82. The van der Waals surface area contributed by atoms with Gasteiger partial charge in [-0.2, -0.15) is 0 Å². The first-order valence-electron chi connectivity index (χ1n) is 7.88. The Morgan fingerprint density at radius 3 is 2.82 bits per heavy atom. The molecule has 0 spiro atoms. The van der Waals surface area contributed by atoms with Gasteiger partial charge in [-0.3, -0.25) is 4.99 Å². The second-order valence-electron chi connectivity index (χ2n) is 5.09. The van der Waals surface area contributed by atoms with Crippen LogP contribution in [0, 0.1) is 5.92 Å². The maximum absolute atomic E-state index is 5.33. The van der Waals surface area contributed by atoms with E-state index in [9.17, 15) is 0 Å². The lowest BCUT2D eigenvalue weighted by molar-refractivity contribution is 0.145. The molecule has 0 aliphatic carbocycles. The van der Waals surface area contributed by atoms with Crippen LogP contribution in [0.2, 0.25) is 0 Å². The molecule has 1 atom stereocenters. The topological polar surface area (TPSA) is 45.7 Å². The lowest BCUT2D eigenvalue weighted by atomic mass is 10.1. The van der Waals surface area contributed by atoms with Gasteiger partial charge in [-0.25, -0.2) is 0 Å². The zero-order chi connectivity index (χ0) is 15.3. The van der Waals surface area contributed by atoms with E-state index in [1.807, 2.05) is 18.3 Å². The van der Waals surface area contributed by atoms with Crippen LogP contribution in [0.4, 0.5) is 0 Å². The third kappa shape index (κ3) is 10.4. The van der Waals surface area contributed by atoms with Crippen LogP contribution in [0.25, 0.3) is 0 Å². The minimum Gasteiger partial charge on any atom is -0.382 e. The predicted octanol–water partition coefficient (Wildman–Crippen LogP) is 3.53. The zero-order valence-electron chi connectivity index (χ0n) is 13.9. The Balaban J connectivity index is 0.00000441. The summed E-state index contributed by atoms with van der Waals surface area (Å²) in [6, 6.07) is 4.31. The minimum atomic E-state index is 0. The third-order valence-electron chi connectivity index (χ3n) is 3.00. The van der Waals surface area contributed by atoms with Crippen molar-refractivity contribution in [3.8, 4) is 0 Å². The van der Waals surface area contributed by atoms with E-state index in [0.717, 1.165) is 51.6 Å². The van der Waals surface area contributed by atoms with Crippen molar-refractivity contribution in [3.63, 3.8) is 0 Å². The van der Waals surface area contributed by atoms with Crippen LogP contribution in [0.15, 0.2) is 22.5 Å². The van der Waals surface area contributed by atoms with Crippen molar-refractivity contribution in [3.05, 3.63) is 22.4 Å². The van der Waals surface area contributed by atoms with Crippen molar-refractivity contribution in [1.82, 2.24) is 10.6 Å². The van der Waals surface area contributed by atoms with E-state index in [-0.39, 0.29) is 24.0 Å². The van der Waals surface area contributed by atoms with Crippen LogP contribution in [-0.2, 0) is 11.2 Å². The number of halogens is 1. The first kappa shape index (κ1) is 21.7. The third-order valence-corrected chi connectivity index (χ3v) is 3.90. The summed E-state index contributed by atoms with van der Waals surface area (Å²) in [5.41, 5.74) is 0. The average Bonchev–Trinajstić information content (AvgIpc) is 2.97. The molecule has 0 amide bonds. The highest BCUT2D eigenvalue weighted by Crippen LogP contribution is 2.14. The molecule has 0 aliphatic rings. The van der Waals surface area contributed by atoms with Gasteiger partial charge in [0.25, 0.3) is 0 Å². The standard InChI is InChI=1S/C16H29N3OS.HI/c1-4-17-16(18-9-7-10-20-5-2)19-13-14(3)12-15-8-6-11-21-15;/h6,8,11,14H,4-5,7,9-10,12-13H2,1-3H3,(H2,17,18,19);1H. The van der Waals surface area contributed by atoms with E-state index in [2.05, 4.69) is 47.0 Å². The molecule has 0 radical (unpaired) electrons. The maximum atomic E-state index is 5.33. The van der Waals surface area contributed by atoms with Gasteiger partial charge in [-0.05, 0) is 44.1 Å². The molecule has 128 valence electrons. The quantitative estimate of drug-likeness (QED) is 0.254. The first-order valence-corrected chi connectivity index (χ1v) is 8.76. The summed E-state index contributed by atoms with van der Waals surface area (Å²) in [7, 11) is 0. The molecular formula is C16H30IN3OS. The van der Waals surface area contributed by atoms with E-state index in [0.29, 0.717) is 5.92 Å². The smallest absolute Gasteiger partial charge is 0.191 e. The molecule has 1 rings (SSSR count). The Morgan fingerprint density at radius 1 is 1.36 bits per heavy atom. The molecule has 1 unspecified atom stereocenters. The van der Waals surface area contributed by atoms with Gasteiger partial charge in [-0.15, -0.1) is 35.3 Å². The van der Waals surface area contributed by atoms with Crippen LogP contribution in [-0.4, -0.2) is 38.8 Å². The summed E-state index contributed by atoms with van der Waals surface area (Å²) in [6.45, 7) is 10.6. The largest absolute Gasteiger partial charge is 0.382 e. The van der Waals surface area contributed by atoms with Crippen molar-refractivity contribution in [2.24, 2.45) is 10.9 Å². The Morgan fingerprint density at radius 2 is 2.18 bits per heavy atom. The number of hydrogen-bond acceptors (Lipinski definition) is 3. The van der Waals surface area contributed by atoms with Crippen molar-refractivity contribution in [2.45, 2.75) is 33.6 Å². The molecule has 0 bridgehead atoms. The van der Waals surface area contributed by atoms with Crippen molar-refractivity contribution >= 4 is 41.3 Å². The van der Waals surface area contributed by atoms with Crippen LogP contribution < -0.4 is 10.6 Å². The number of rotatable bonds is 10. The molecule has 0 saturated heterocycles. The monoisotopic (exact) mass is 439 g/mol. The summed E-state index contributed by atoms with van der Waals surface area (Å²) in [4.78, 5) is 6.11. The number of aliphatic imine (C=N–C) groups is 1. The number of nitrogens with zero attached hydrogens (tertiary/aromatic N) is 1. The lowest BCUT2D eigenvalue weighted by Gasteiger charge is -2.13. The van der Waals surface area contributed by atoms with E-state index < -0.39 is 0 Å². The van der Waals surface area contributed by atoms with Gasteiger partial charge >= 0.3 is 0 Å². The Hall–Kier alpha value is -0.340. The Bertz CT molecular complexity index is 385. The van der Waals surface area contributed by atoms with Crippen LogP contribution in [0.5, 0.6) is 0 Å². The highest BCUT2D eigenvalue weighted by molar-refractivity contribution is 14.0. The molecule has 0 aromatic carbocycles. The number of guanidine groups is 1. The fourth-order valence-corrected chi connectivity index (χ4v) is 2.82. The summed E-state index contributed by atoms with van der Waals surface area (Å²) in [6.07, 6.45) is 2.11. The molecular weight excluding hydrogens is 409 g/mol. The zero-order valence-corrected chi connectivity index (χ0v) is 17.1. The number of hydrogen-bond donors (Lipinski definition) is 2. The van der Waals surface area contributed by atoms with Crippen molar-refractivity contribution in [1.29, 1.82) is 0 Å². The van der Waals surface area contributed by atoms with Crippen LogP contribution in [0.1, 0.15) is 32.1 Å². The van der Waals surface area contributed by atoms with Gasteiger partial charge in [0.15, 0.2) is 5.96 Å². The van der Waals surface area contributed by atoms with Gasteiger partial charge in [-0.1, -0.05) is 13.0 Å². The minimum absolute atomic E-state index is 0. The lowest BCUT2D eigenvalue weighted by Crippen LogP contribution is -2.38. The molecule has 22 heavy (non-hydrogen) atoms. The fraction of sp³-hybridized carbons (Fsp3) is 0.688. The van der Waals surface area contributed by atoms with E-state index in [1.165, 1.54) is 4.88 Å². The highest BCUT2D eigenvalue weighted by atomic mass is 127. The molecule has 1 heterocycles. The molecule has 4 nitrogen and oxygen atoms in total. The SMILES string of the molecule is CCNC(=NCC(C)Cc1cccs1)NCCCOCC.I. The second-order valence-corrected chi connectivity index (χ2v) is 6.12. The van der Waals surface area contributed by atoms with E-state index in [4.69, 9.17) is 4.74 Å². The van der Waals surface area contributed by atoms with Gasteiger partial charge in [0.2, 0.25) is 0 Å². The van der Waals surface area contributed by atoms with Crippen LogP contribution in [0.3, 0.4) is 0 Å². The Kier molecular flexibility index (Phi) is 14.0. The molecule has 1 aromatic rings. The Labute approximate surface area is 156 Å². The fourth-order valence-electron chi connectivity index (χ4n) is 1.95. The average molecular weight is 439 g/mol. The number of nitrogens with one attached hydrogen (secondary N) is 2. The maximum Gasteiger partial charge on any atom is 0.191 e. The number of ether oxygens (including phenoxy) is 1. The molecule has 0 saturated carbocycles. The molecule has 1 aromatic heterocycles. The summed E-state index contributed by atoms with van der Waals surface area (Å²) in [5, 5.41) is 8.78. The predicted molar refractivity (Wildman–Crippen MR) is 108 cm³/mol. The highest BCUT2D eigenvalue weighted by Gasteiger charge is 2.05. The molecule has 6 heteroatoms. The van der Waals surface area contributed by atoms with Gasteiger partial charge in [0.05, 0.1) is 0 Å². The summed E-state index contributed by atoms with van der Waals surface area (Å²) in [5.74, 6) is 1.47. The normalized spacial score (nSPS) is 12.6.